The summed E-state index contributed by atoms with van der Waals surface area (Å²) in [7, 11) is 0. The van der Waals surface area contributed by atoms with E-state index in [1.165, 1.54) is 6.08 Å². The summed E-state index contributed by atoms with van der Waals surface area (Å²) >= 11 is 0.901. The van der Waals surface area contributed by atoms with Crippen molar-refractivity contribution in [3.8, 4) is 11.5 Å². The van der Waals surface area contributed by atoms with E-state index in [0.29, 0.717) is 42.6 Å². The normalized spacial score (nSPS) is 11.2. The predicted molar refractivity (Wildman–Crippen MR) is 98.4 cm³/mol. The van der Waals surface area contributed by atoms with Crippen LogP contribution in [0.25, 0.3) is 6.08 Å². The Kier molecular flexibility index (Phi) is 7.28. The van der Waals surface area contributed by atoms with Crippen molar-refractivity contribution < 1.29 is 23.8 Å². The van der Waals surface area contributed by atoms with Crippen LogP contribution in [0.4, 0.5) is 0 Å². The number of hydrogen-bond donors (Lipinski definition) is 1. The van der Waals surface area contributed by atoms with E-state index in [1.807, 2.05) is 13.8 Å². The van der Waals surface area contributed by atoms with Gasteiger partial charge in [-0.25, -0.2) is 4.79 Å². The number of aromatic nitrogens is 2. The van der Waals surface area contributed by atoms with Crippen molar-refractivity contribution >= 4 is 23.8 Å². The fraction of sp³-hybridized carbons (Fsp3) is 0.278. The largest absolute Gasteiger partial charge is 0.490 e. The van der Waals surface area contributed by atoms with E-state index in [1.54, 1.807) is 24.3 Å². The van der Waals surface area contributed by atoms with Crippen molar-refractivity contribution in [3.05, 3.63) is 47.2 Å². The van der Waals surface area contributed by atoms with Crippen LogP contribution in [0.15, 0.2) is 45.4 Å². The first kappa shape index (κ1) is 19.6. The van der Waals surface area contributed by atoms with Crippen LogP contribution in [0.2, 0.25) is 0 Å². The van der Waals surface area contributed by atoms with Gasteiger partial charge in [0, 0.05) is 6.42 Å². The van der Waals surface area contributed by atoms with Gasteiger partial charge in [-0.1, -0.05) is 25.6 Å². The molecule has 138 valence electrons. The first-order valence-corrected chi connectivity index (χ1v) is 8.84. The Labute approximate surface area is 155 Å². The molecule has 1 heterocycles. The lowest BCUT2D eigenvalue weighted by molar-refractivity contribution is -0.131. The van der Waals surface area contributed by atoms with Crippen molar-refractivity contribution in [2.75, 3.05) is 13.2 Å². The fourth-order valence-electron chi connectivity index (χ4n) is 1.95. The van der Waals surface area contributed by atoms with E-state index in [4.69, 9.17) is 13.9 Å². The smallest absolute Gasteiger partial charge is 0.342 e. The molecule has 0 saturated carbocycles. The molecule has 0 spiro atoms. The number of carbonyl (C=O) groups is 1. The molecule has 0 amide bonds. The van der Waals surface area contributed by atoms with Gasteiger partial charge in [-0.3, -0.25) is 0 Å². The third-order valence-corrected chi connectivity index (χ3v) is 3.93. The number of rotatable bonds is 10. The van der Waals surface area contributed by atoms with Crippen LogP contribution in [-0.4, -0.2) is 34.5 Å². The van der Waals surface area contributed by atoms with E-state index in [9.17, 15) is 9.90 Å². The standard InChI is InChI=1S/C18H20N2O5S/c1-4-9-24-13-8-7-12(10-14(13)23-6-3)11-15(17(21)22)26-18-20-19-16(5-2)25-18/h4,7-8,10-11H,1,5-6,9H2,2-3H3,(H,21,22)/b15-11-. The Morgan fingerprint density at radius 2 is 2.12 bits per heavy atom. The molecule has 8 heteroatoms. The van der Waals surface area contributed by atoms with E-state index in [0.717, 1.165) is 11.8 Å². The summed E-state index contributed by atoms with van der Waals surface area (Å²) in [5.74, 6) is 0.470. The average Bonchev–Trinajstić information content (AvgIpc) is 3.08. The molecule has 7 nitrogen and oxygen atoms in total. The molecule has 1 aromatic carbocycles. The molecule has 1 N–H and O–H groups in total. The molecule has 0 atom stereocenters. The summed E-state index contributed by atoms with van der Waals surface area (Å²) in [5, 5.41) is 17.3. The fourth-order valence-corrected chi connectivity index (χ4v) is 2.64. The van der Waals surface area contributed by atoms with Crippen molar-refractivity contribution in [1.29, 1.82) is 0 Å². The van der Waals surface area contributed by atoms with Gasteiger partial charge >= 0.3 is 5.97 Å². The second-order valence-corrected chi connectivity index (χ2v) is 5.96. The van der Waals surface area contributed by atoms with Crippen LogP contribution >= 0.6 is 11.8 Å². The third kappa shape index (κ3) is 5.38. The number of benzene rings is 1. The Hall–Kier alpha value is -2.74. The molecule has 2 aromatic rings. The molecule has 0 aliphatic rings. The quantitative estimate of drug-likeness (QED) is 0.380. The maximum Gasteiger partial charge on any atom is 0.342 e. The minimum Gasteiger partial charge on any atom is -0.490 e. The average molecular weight is 376 g/mol. The zero-order valence-electron chi connectivity index (χ0n) is 14.6. The highest BCUT2D eigenvalue weighted by Crippen LogP contribution is 2.32. The number of aliphatic carboxylic acids is 1. The van der Waals surface area contributed by atoms with Gasteiger partial charge in [0.1, 0.15) is 11.5 Å². The van der Waals surface area contributed by atoms with Gasteiger partial charge in [-0.2, -0.15) is 0 Å². The van der Waals surface area contributed by atoms with E-state index in [2.05, 4.69) is 16.8 Å². The zero-order valence-corrected chi connectivity index (χ0v) is 15.4. The van der Waals surface area contributed by atoms with Crippen molar-refractivity contribution in [1.82, 2.24) is 10.2 Å². The molecule has 0 unspecified atom stereocenters. The SMILES string of the molecule is C=CCOc1ccc(/C=C(\Sc2nnc(CC)o2)C(=O)O)cc1OCC. The number of carboxylic acids is 1. The first-order chi connectivity index (χ1) is 12.6. The summed E-state index contributed by atoms with van der Waals surface area (Å²) in [6.07, 6.45) is 3.74. The monoisotopic (exact) mass is 376 g/mol. The highest BCUT2D eigenvalue weighted by molar-refractivity contribution is 8.03. The topological polar surface area (TPSA) is 94.7 Å². The molecule has 0 fully saturated rings. The van der Waals surface area contributed by atoms with Crippen LogP contribution in [-0.2, 0) is 11.2 Å². The Bertz CT molecular complexity index is 801. The summed E-state index contributed by atoms with van der Waals surface area (Å²) in [6, 6.07) is 5.19. The van der Waals surface area contributed by atoms with Crippen molar-refractivity contribution in [3.63, 3.8) is 0 Å². The predicted octanol–water partition coefficient (Wildman–Crippen LogP) is 3.81. The lowest BCUT2D eigenvalue weighted by Gasteiger charge is -2.11. The van der Waals surface area contributed by atoms with Crippen molar-refractivity contribution in [2.45, 2.75) is 25.5 Å². The van der Waals surface area contributed by atoms with Crippen LogP contribution in [0.1, 0.15) is 25.3 Å². The molecule has 0 radical (unpaired) electrons. The minimum atomic E-state index is -1.09. The lowest BCUT2D eigenvalue weighted by Crippen LogP contribution is -2.00. The summed E-state index contributed by atoms with van der Waals surface area (Å²) in [5.41, 5.74) is 0.652. The van der Waals surface area contributed by atoms with Crippen LogP contribution in [0.5, 0.6) is 11.5 Å². The zero-order chi connectivity index (χ0) is 18.9. The number of carboxylic acid groups (broad SMARTS) is 1. The van der Waals surface area contributed by atoms with Gasteiger partial charge in [0.2, 0.25) is 5.89 Å². The van der Waals surface area contributed by atoms with E-state index < -0.39 is 5.97 Å². The van der Waals surface area contributed by atoms with Crippen LogP contribution in [0, 0.1) is 0 Å². The van der Waals surface area contributed by atoms with Crippen LogP contribution < -0.4 is 9.47 Å². The lowest BCUT2D eigenvalue weighted by atomic mass is 10.2. The second kappa shape index (κ2) is 9.67. The van der Waals surface area contributed by atoms with Crippen molar-refractivity contribution in [2.24, 2.45) is 0 Å². The number of nitrogens with zero attached hydrogens (tertiary/aromatic N) is 2. The van der Waals surface area contributed by atoms with E-state index in [-0.39, 0.29) is 10.1 Å². The molecule has 26 heavy (non-hydrogen) atoms. The molecule has 1 aromatic heterocycles. The highest BCUT2D eigenvalue weighted by atomic mass is 32.2. The number of thioether (sulfide) groups is 1. The molecule has 0 bridgehead atoms. The maximum absolute atomic E-state index is 11.6. The summed E-state index contributed by atoms with van der Waals surface area (Å²) < 4.78 is 16.5. The molecule has 0 aliphatic heterocycles. The Morgan fingerprint density at radius 1 is 1.31 bits per heavy atom. The van der Waals surface area contributed by atoms with Gasteiger partial charge in [-0.15, -0.1) is 10.2 Å². The van der Waals surface area contributed by atoms with Gasteiger partial charge in [0.05, 0.1) is 6.61 Å². The summed E-state index contributed by atoms with van der Waals surface area (Å²) in [4.78, 5) is 11.6. The van der Waals surface area contributed by atoms with Gasteiger partial charge < -0.3 is 19.0 Å². The Balaban J connectivity index is 2.28. The molecule has 0 aliphatic carbocycles. The highest BCUT2D eigenvalue weighted by Gasteiger charge is 2.15. The summed E-state index contributed by atoms with van der Waals surface area (Å²) in [6.45, 7) is 8.16. The molecular weight excluding hydrogens is 356 g/mol. The minimum absolute atomic E-state index is 0.0542. The van der Waals surface area contributed by atoms with Gasteiger partial charge in [-0.05, 0) is 42.5 Å². The molecular formula is C18H20N2O5S. The number of hydrogen-bond acceptors (Lipinski definition) is 7. The molecule has 2 rings (SSSR count). The Morgan fingerprint density at radius 3 is 2.73 bits per heavy atom. The first-order valence-electron chi connectivity index (χ1n) is 8.03. The number of ether oxygens (including phenoxy) is 2. The number of aryl methyl sites for hydroxylation is 1. The second-order valence-electron chi connectivity index (χ2n) is 4.97. The van der Waals surface area contributed by atoms with Crippen LogP contribution in [0.3, 0.4) is 0 Å². The van der Waals surface area contributed by atoms with Gasteiger partial charge in [0.25, 0.3) is 5.22 Å². The van der Waals surface area contributed by atoms with Gasteiger partial charge in [0.15, 0.2) is 11.5 Å². The molecule has 0 saturated heterocycles. The maximum atomic E-state index is 11.6. The van der Waals surface area contributed by atoms with E-state index >= 15 is 0 Å². The third-order valence-electron chi connectivity index (χ3n) is 3.08.